The smallest absolute Gasteiger partial charge is 0.306 e. The van der Waals surface area contributed by atoms with Crippen molar-refractivity contribution in [2.24, 2.45) is 5.92 Å². The topological polar surface area (TPSA) is 53.7 Å². The Labute approximate surface area is 94.9 Å². The minimum absolute atomic E-state index is 0.167. The number of piperidine rings is 1. The van der Waals surface area contributed by atoms with Crippen LogP contribution in [0.5, 0.6) is 0 Å². The highest BCUT2D eigenvalue weighted by atomic mass is 16.4. The molecule has 1 aliphatic rings. The van der Waals surface area contributed by atoms with Crippen LogP contribution in [0.4, 0.5) is 0 Å². The minimum Gasteiger partial charge on any atom is -0.481 e. The maximum Gasteiger partial charge on any atom is 0.306 e. The van der Waals surface area contributed by atoms with Crippen LogP contribution in [0.2, 0.25) is 0 Å². The summed E-state index contributed by atoms with van der Waals surface area (Å²) >= 11 is 0. The number of hydrogen-bond acceptors (Lipinski definition) is 3. The van der Waals surface area contributed by atoms with Gasteiger partial charge in [-0.25, -0.2) is 0 Å². The molecule has 0 bridgehead atoms. The zero-order chi connectivity index (χ0) is 11.5. The molecular weight excluding hydrogens is 206 g/mol. The number of aliphatic carboxylic acids is 1. The molecule has 1 N–H and O–H groups in total. The molecule has 2 rings (SSSR count). The second kappa shape index (κ2) is 4.70. The van der Waals surface area contributed by atoms with Crippen LogP contribution in [0, 0.1) is 5.92 Å². The molecule has 2 heterocycles. The van der Waals surface area contributed by atoms with Gasteiger partial charge in [0, 0.05) is 0 Å². The second-order valence-corrected chi connectivity index (χ2v) is 4.34. The van der Waals surface area contributed by atoms with E-state index in [9.17, 15) is 4.79 Å². The Morgan fingerprint density at radius 3 is 2.75 bits per heavy atom. The molecule has 0 aromatic carbocycles. The van der Waals surface area contributed by atoms with Crippen LogP contribution in [-0.4, -0.2) is 29.1 Å². The average Bonchev–Trinajstić information content (AvgIpc) is 2.81. The van der Waals surface area contributed by atoms with E-state index in [0.29, 0.717) is 0 Å². The van der Waals surface area contributed by atoms with Crippen molar-refractivity contribution in [3.63, 3.8) is 0 Å². The van der Waals surface area contributed by atoms with Crippen molar-refractivity contribution in [1.82, 2.24) is 4.90 Å². The largest absolute Gasteiger partial charge is 0.481 e. The van der Waals surface area contributed by atoms with E-state index >= 15 is 0 Å². The lowest BCUT2D eigenvalue weighted by Crippen LogP contribution is -2.37. The Bertz CT molecular complexity index is 339. The number of rotatable bonds is 3. The Balaban J connectivity index is 1.92. The SMILES string of the molecule is C[C@@H](c1ccco1)N1CCC(C(=O)O)CC1. The molecule has 0 amide bonds. The van der Waals surface area contributed by atoms with Gasteiger partial charge in [-0.15, -0.1) is 0 Å². The Morgan fingerprint density at radius 2 is 2.25 bits per heavy atom. The summed E-state index contributed by atoms with van der Waals surface area (Å²) in [6, 6.07) is 4.09. The number of hydrogen-bond donors (Lipinski definition) is 1. The van der Waals surface area contributed by atoms with Gasteiger partial charge in [0.2, 0.25) is 0 Å². The summed E-state index contributed by atoms with van der Waals surface area (Å²) in [6.45, 7) is 3.76. The monoisotopic (exact) mass is 223 g/mol. The first-order valence-corrected chi connectivity index (χ1v) is 5.68. The summed E-state index contributed by atoms with van der Waals surface area (Å²) in [5, 5.41) is 8.91. The first-order chi connectivity index (χ1) is 7.68. The lowest BCUT2D eigenvalue weighted by atomic mass is 9.96. The van der Waals surface area contributed by atoms with Gasteiger partial charge in [-0.3, -0.25) is 9.69 Å². The van der Waals surface area contributed by atoms with E-state index in [-0.39, 0.29) is 12.0 Å². The Morgan fingerprint density at radius 1 is 1.56 bits per heavy atom. The van der Waals surface area contributed by atoms with Crippen molar-refractivity contribution >= 4 is 5.97 Å². The summed E-state index contributed by atoms with van der Waals surface area (Å²) in [6.07, 6.45) is 3.15. The molecule has 1 fully saturated rings. The molecule has 4 nitrogen and oxygen atoms in total. The zero-order valence-electron chi connectivity index (χ0n) is 9.43. The van der Waals surface area contributed by atoms with E-state index in [1.165, 1.54) is 0 Å². The number of carbonyl (C=O) groups is 1. The van der Waals surface area contributed by atoms with Crippen LogP contribution >= 0.6 is 0 Å². The standard InChI is InChI=1S/C12H17NO3/c1-9(11-3-2-8-16-11)13-6-4-10(5-7-13)12(14)15/h2-3,8-10H,4-7H2,1H3,(H,14,15)/t9-/m0/s1. The van der Waals surface area contributed by atoms with E-state index in [4.69, 9.17) is 9.52 Å². The molecular formula is C12H17NO3. The fourth-order valence-corrected chi connectivity index (χ4v) is 2.24. The molecule has 16 heavy (non-hydrogen) atoms. The third-order valence-corrected chi connectivity index (χ3v) is 3.38. The molecule has 0 radical (unpaired) electrons. The third-order valence-electron chi connectivity index (χ3n) is 3.38. The summed E-state index contributed by atoms with van der Waals surface area (Å²) in [4.78, 5) is 13.1. The maximum atomic E-state index is 10.8. The molecule has 0 aliphatic carbocycles. The van der Waals surface area contributed by atoms with E-state index in [1.54, 1.807) is 6.26 Å². The van der Waals surface area contributed by atoms with Crippen LogP contribution in [0.25, 0.3) is 0 Å². The highest BCUT2D eigenvalue weighted by Crippen LogP contribution is 2.26. The minimum atomic E-state index is -0.662. The van der Waals surface area contributed by atoms with Crippen LogP contribution in [0.15, 0.2) is 22.8 Å². The third kappa shape index (κ3) is 2.27. The van der Waals surface area contributed by atoms with E-state index in [2.05, 4.69) is 11.8 Å². The van der Waals surface area contributed by atoms with Gasteiger partial charge in [0.1, 0.15) is 5.76 Å². The molecule has 0 saturated carbocycles. The molecule has 1 aromatic rings. The molecule has 1 saturated heterocycles. The summed E-state index contributed by atoms with van der Waals surface area (Å²) in [7, 11) is 0. The normalized spacial score (nSPS) is 20.8. The van der Waals surface area contributed by atoms with E-state index < -0.39 is 5.97 Å². The van der Waals surface area contributed by atoms with Crippen molar-refractivity contribution in [3.05, 3.63) is 24.2 Å². The number of likely N-dealkylation sites (tertiary alicyclic amines) is 1. The maximum absolute atomic E-state index is 10.8. The van der Waals surface area contributed by atoms with Gasteiger partial charge in [-0.1, -0.05) is 0 Å². The number of carboxylic acids is 1. The summed E-state index contributed by atoms with van der Waals surface area (Å²) in [5.74, 6) is 0.124. The van der Waals surface area contributed by atoms with Gasteiger partial charge < -0.3 is 9.52 Å². The second-order valence-electron chi connectivity index (χ2n) is 4.34. The Kier molecular flexibility index (Phi) is 3.29. The number of nitrogens with zero attached hydrogens (tertiary/aromatic N) is 1. The highest BCUT2D eigenvalue weighted by Gasteiger charge is 2.27. The highest BCUT2D eigenvalue weighted by molar-refractivity contribution is 5.70. The van der Waals surface area contributed by atoms with Crippen LogP contribution in [-0.2, 0) is 4.79 Å². The van der Waals surface area contributed by atoms with Crippen LogP contribution < -0.4 is 0 Å². The summed E-state index contributed by atoms with van der Waals surface area (Å²) in [5.41, 5.74) is 0. The van der Waals surface area contributed by atoms with Gasteiger partial charge in [0.25, 0.3) is 0 Å². The van der Waals surface area contributed by atoms with Crippen LogP contribution in [0.1, 0.15) is 31.6 Å². The van der Waals surface area contributed by atoms with Crippen molar-refractivity contribution in [3.8, 4) is 0 Å². The summed E-state index contributed by atoms with van der Waals surface area (Å²) < 4.78 is 5.36. The quantitative estimate of drug-likeness (QED) is 0.853. The van der Waals surface area contributed by atoms with E-state index in [1.807, 2.05) is 12.1 Å². The predicted octanol–water partition coefficient (Wildman–Crippen LogP) is 2.14. The Hall–Kier alpha value is -1.29. The van der Waals surface area contributed by atoms with Crippen molar-refractivity contribution in [2.45, 2.75) is 25.8 Å². The molecule has 1 atom stereocenters. The van der Waals surface area contributed by atoms with Gasteiger partial charge in [-0.05, 0) is 45.0 Å². The zero-order valence-corrected chi connectivity index (χ0v) is 9.43. The van der Waals surface area contributed by atoms with Gasteiger partial charge in [0.05, 0.1) is 18.2 Å². The number of carboxylic acid groups (broad SMARTS) is 1. The predicted molar refractivity (Wildman–Crippen MR) is 59.1 cm³/mol. The molecule has 1 aliphatic heterocycles. The lowest BCUT2D eigenvalue weighted by Gasteiger charge is -2.33. The molecule has 4 heteroatoms. The van der Waals surface area contributed by atoms with Gasteiger partial charge >= 0.3 is 5.97 Å². The first kappa shape index (κ1) is 11.2. The fourth-order valence-electron chi connectivity index (χ4n) is 2.24. The average molecular weight is 223 g/mol. The van der Waals surface area contributed by atoms with Crippen molar-refractivity contribution in [1.29, 1.82) is 0 Å². The molecule has 88 valence electrons. The van der Waals surface area contributed by atoms with Crippen molar-refractivity contribution in [2.75, 3.05) is 13.1 Å². The lowest BCUT2D eigenvalue weighted by molar-refractivity contribution is -0.143. The van der Waals surface area contributed by atoms with Crippen LogP contribution in [0.3, 0.4) is 0 Å². The first-order valence-electron chi connectivity index (χ1n) is 5.68. The molecule has 0 unspecified atom stereocenters. The molecule has 0 spiro atoms. The van der Waals surface area contributed by atoms with E-state index in [0.717, 1.165) is 31.7 Å². The van der Waals surface area contributed by atoms with Gasteiger partial charge in [0.15, 0.2) is 0 Å². The fraction of sp³-hybridized carbons (Fsp3) is 0.583. The molecule has 1 aromatic heterocycles. The van der Waals surface area contributed by atoms with Crippen molar-refractivity contribution < 1.29 is 14.3 Å². The number of furan rings is 1. The van der Waals surface area contributed by atoms with Gasteiger partial charge in [-0.2, -0.15) is 0 Å².